The minimum atomic E-state index is -3.90. The van der Waals surface area contributed by atoms with Crippen LogP contribution in [0.2, 0.25) is 0 Å². The zero-order valence-electron chi connectivity index (χ0n) is 15.8. The maximum Gasteiger partial charge on any atom is 0.270 e. The summed E-state index contributed by atoms with van der Waals surface area (Å²) in [5.74, 6) is 0. The van der Waals surface area contributed by atoms with Crippen molar-refractivity contribution in [1.82, 2.24) is 4.31 Å². The van der Waals surface area contributed by atoms with E-state index in [1.54, 1.807) is 13.8 Å². The number of non-ortho nitro benzene ring substituents is 1. The maximum absolute atomic E-state index is 13.0. The van der Waals surface area contributed by atoms with Crippen LogP contribution in [0.15, 0.2) is 52.5 Å². The SMILES string of the molecule is CCN(CC)S(=O)(=O)c1cc([N+](=O)[O-])ccc1N/N=C1/CCc2ccccc21. The highest BCUT2D eigenvalue weighted by molar-refractivity contribution is 7.89. The number of rotatable bonds is 7. The van der Waals surface area contributed by atoms with E-state index < -0.39 is 14.9 Å². The van der Waals surface area contributed by atoms with Crippen LogP contribution < -0.4 is 5.43 Å². The van der Waals surface area contributed by atoms with Crippen LogP contribution in [0.3, 0.4) is 0 Å². The Morgan fingerprint density at radius 1 is 1.14 bits per heavy atom. The molecule has 28 heavy (non-hydrogen) atoms. The van der Waals surface area contributed by atoms with Gasteiger partial charge in [-0.25, -0.2) is 8.42 Å². The van der Waals surface area contributed by atoms with Crippen molar-refractivity contribution >= 4 is 27.1 Å². The molecule has 0 aliphatic heterocycles. The molecular formula is C19H22N4O4S. The molecule has 0 amide bonds. The fraction of sp³-hybridized carbons (Fsp3) is 0.316. The average Bonchev–Trinajstić information content (AvgIpc) is 3.10. The van der Waals surface area contributed by atoms with Crippen LogP contribution >= 0.6 is 0 Å². The minimum Gasteiger partial charge on any atom is -0.277 e. The summed E-state index contributed by atoms with van der Waals surface area (Å²) in [4.78, 5) is 10.4. The van der Waals surface area contributed by atoms with Crippen molar-refractivity contribution < 1.29 is 13.3 Å². The third-order valence-corrected chi connectivity index (χ3v) is 6.86. The number of fused-ring (bicyclic) bond motifs is 1. The molecular weight excluding hydrogens is 380 g/mol. The molecule has 1 aliphatic rings. The molecule has 0 aromatic heterocycles. The predicted molar refractivity (Wildman–Crippen MR) is 108 cm³/mol. The highest BCUT2D eigenvalue weighted by Crippen LogP contribution is 2.30. The van der Waals surface area contributed by atoms with Crippen LogP contribution in [0.1, 0.15) is 31.4 Å². The van der Waals surface area contributed by atoms with Crippen molar-refractivity contribution in [2.24, 2.45) is 5.10 Å². The van der Waals surface area contributed by atoms with Gasteiger partial charge in [-0.2, -0.15) is 9.41 Å². The zero-order valence-corrected chi connectivity index (χ0v) is 16.6. The van der Waals surface area contributed by atoms with Crippen LogP contribution in [-0.2, 0) is 16.4 Å². The van der Waals surface area contributed by atoms with Gasteiger partial charge in [0, 0.05) is 30.8 Å². The van der Waals surface area contributed by atoms with Gasteiger partial charge < -0.3 is 0 Å². The lowest BCUT2D eigenvalue weighted by Gasteiger charge is -2.20. The van der Waals surface area contributed by atoms with E-state index in [-0.39, 0.29) is 29.4 Å². The van der Waals surface area contributed by atoms with Gasteiger partial charge in [-0.15, -0.1) is 0 Å². The second kappa shape index (κ2) is 8.07. The van der Waals surface area contributed by atoms with Crippen molar-refractivity contribution in [3.63, 3.8) is 0 Å². The number of nitrogens with one attached hydrogen (secondary N) is 1. The molecule has 0 saturated heterocycles. The molecule has 0 radical (unpaired) electrons. The van der Waals surface area contributed by atoms with Crippen LogP contribution in [0.5, 0.6) is 0 Å². The summed E-state index contributed by atoms with van der Waals surface area (Å²) >= 11 is 0. The van der Waals surface area contributed by atoms with Crippen molar-refractivity contribution in [2.75, 3.05) is 18.5 Å². The van der Waals surface area contributed by atoms with Gasteiger partial charge in [0.1, 0.15) is 4.90 Å². The maximum atomic E-state index is 13.0. The molecule has 0 bridgehead atoms. The third-order valence-electron chi connectivity index (χ3n) is 4.77. The standard InChI is InChI=1S/C19H22N4O4S/c1-3-22(4-2)28(26,27)19-13-15(23(24)25)10-12-18(19)21-20-17-11-9-14-7-5-6-8-16(14)17/h5-8,10,12-13,21H,3-4,9,11H2,1-2H3/b20-17-. The van der Waals surface area contributed by atoms with E-state index in [0.717, 1.165) is 30.2 Å². The van der Waals surface area contributed by atoms with Crippen molar-refractivity contribution in [3.05, 3.63) is 63.7 Å². The number of hydrogen-bond donors (Lipinski definition) is 1. The van der Waals surface area contributed by atoms with E-state index in [0.29, 0.717) is 0 Å². The Labute approximate surface area is 164 Å². The normalized spacial score (nSPS) is 15.0. The van der Waals surface area contributed by atoms with Gasteiger partial charge in [0.15, 0.2) is 0 Å². The highest BCUT2D eigenvalue weighted by Gasteiger charge is 2.27. The van der Waals surface area contributed by atoms with Gasteiger partial charge in [0.2, 0.25) is 10.0 Å². The van der Waals surface area contributed by atoms with Gasteiger partial charge in [0.25, 0.3) is 5.69 Å². The van der Waals surface area contributed by atoms with Crippen LogP contribution in [0, 0.1) is 10.1 Å². The number of nitrogens with zero attached hydrogens (tertiary/aromatic N) is 3. The van der Waals surface area contributed by atoms with Gasteiger partial charge in [-0.1, -0.05) is 38.1 Å². The van der Waals surface area contributed by atoms with Gasteiger partial charge in [-0.3, -0.25) is 15.5 Å². The second-order valence-corrected chi connectivity index (χ2v) is 8.26. The van der Waals surface area contributed by atoms with Gasteiger partial charge in [-0.05, 0) is 24.5 Å². The molecule has 1 aliphatic carbocycles. The Balaban J connectivity index is 2.02. The lowest BCUT2D eigenvalue weighted by molar-refractivity contribution is -0.385. The molecule has 3 rings (SSSR count). The van der Waals surface area contributed by atoms with E-state index in [2.05, 4.69) is 10.5 Å². The van der Waals surface area contributed by atoms with Crippen LogP contribution in [0.4, 0.5) is 11.4 Å². The summed E-state index contributed by atoms with van der Waals surface area (Å²) < 4.78 is 27.3. The summed E-state index contributed by atoms with van der Waals surface area (Å²) in [5.41, 5.74) is 5.83. The third kappa shape index (κ3) is 3.76. The molecule has 0 saturated carbocycles. The molecule has 2 aromatic carbocycles. The summed E-state index contributed by atoms with van der Waals surface area (Å²) in [7, 11) is -3.90. The molecule has 8 nitrogen and oxygen atoms in total. The number of hydrazone groups is 1. The van der Waals surface area contributed by atoms with E-state index >= 15 is 0 Å². The number of anilines is 1. The molecule has 1 N–H and O–H groups in total. The molecule has 9 heteroatoms. The Kier molecular flexibility index (Phi) is 5.76. The summed E-state index contributed by atoms with van der Waals surface area (Å²) in [6.45, 7) is 3.98. The Morgan fingerprint density at radius 3 is 2.54 bits per heavy atom. The van der Waals surface area contributed by atoms with E-state index in [1.165, 1.54) is 22.0 Å². The molecule has 2 aromatic rings. The topological polar surface area (TPSA) is 105 Å². The first-order valence-electron chi connectivity index (χ1n) is 9.08. The van der Waals surface area contributed by atoms with Crippen LogP contribution in [0.25, 0.3) is 0 Å². The lowest BCUT2D eigenvalue weighted by atomic mass is 10.1. The monoisotopic (exact) mass is 402 g/mol. The first-order chi connectivity index (χ1) is 13.4. The highest BCUT2D eigenvalue weighted by atomic mass is 32.2. The summed E-state index contributed by atoms with van der Waals surface area (Å²) in [5, 5.41) is 15.6. The van der Waals surface area contributed by atoms with E-state index in [4.69, 9.17) is 0 Å². The lowest BCUT2D eigenvalue weighted by Crippen LogP contribution is -2.31. The number of nitro benzene ring substituents is 1. The second-order valence-electron chi connectivity index (χ2n) is 6.35. The molecule has 0 spiro atoms. The zero-order chi connectivity index (χ0) is 20.3. The minimum absolute atomic E-state index is 0.152. The molecule has 148 valence electrons. The van der Waals surface area contributed by atoms with E-state index in [9.17, 15) is 18.5 Å². The van der Waals surface area contributed by atoms with Crippen molar-refractivity contribution in [1.29, 1.82) is 0 Å². The van der Waals surface area contributed by atoms with Gasteiger partial charge in [0.05, 0.1) is 16.3 Å². The number of sulfonamides is 1. The quantitative estimate of drug-likeness (QED) is 0.565. The Bertz CT molecular complexity index is 1030. The Morgan fingerprint density at radius 2 is 1.86 bits per heavy atom. The number of benzene rings is 2. The average molecular weight is 402 g/mol. The Hall–Kier alpha value is -2.78. The van der Waals surface area contributed by atoms with Gasteiger partial charge >= 0.3 is 0 Å². The molecule has 0 fully saturated rings. The first-order valence-corrected chi connectivity index (χ1v) is 10.5. The first kappa shape index (κ1) is 20.0. The molecule has 0 heterocycles. The fourth-order valence-corrected chi connectivity index (χ4v) is 4.90. The number of nitro groups is 1. The van der Waals surface area contributed by atoms with Crippen LogP contribution in [-0.4, -0.2) is 36.4 Å². The fourth-order valence-electron chi connectivity index (χ4n) is 3.28. The predicted octanol–water partition coefficient (Wildman–Crippen LogP) is 3.39. The van der Waals surface area contributed by atoms with Crippen molar-refractivity contribution in [3.8, 4) is 0 Å². The molecule has 0 atom stereocenters. The summed E-state index contributed by atoms with van der Waals surface area (Å²) in [6.07, 6.45) is 1.62. The number of aryl methyl sites for hydroxylation is 1. The number of hydrogen-bond acceptors (Lipinski definition) is 6. The largest absolute Gasteiger partial charge is 0.277 e. The van der Waals surface area contributed by atoms with Crippen molar-refractivity contribution in [2.45, 2.75) is 31.6 Å². The smallest absolute Gasteiger partial charge is 0.270 e. The molecule has 0 unspecified atom stereocenters. The summed E-state index contributed by atoms with van der Waals surface area (Å²) in [6, 6.07) is 11.7. The van der Waals surface area contributed by atoms with E-state index in [1.807, 2.05) is 24.3 Å².